The van der Waals surface area contributed by atoms with Crippen LogP contribution in [0.4, 0.5) is 0 Å². The number of ether oxygens (including phenoxy) is 2. The highest BCUT2D eigenvalue weighted by atomic mass is 16.7. The van der Waals surface area contributed by atoms with E-state index in [1.807, 2.05) is 49.1 Å². The van der Waals surface area contributed by atoms with Gasteiger partial charge < -0.3 is 14.4 Å². The lowest BCUT2D eigenvalue weighted by molar-refractivity contribution is 0.0791. The Morgan fingerprint density at radius 3 is 2.64 bits per heavy atom. The van der Waals surface area contributed by atoms with Crippen LogP contribution in [0.1, 0.15) is 39.6 Å². The van der Waals surface area contributed by atoms with E-state index < -0.39 is 0 Å². The van der Waals surface area contributed by atoms with E-state index in [4.69, 9.17) is 9.47 Å². The minimum absolute atomic E-state index is 0.0465. The molecule has 2 aliphatic rings. The van der Waals surface area contributed by atoms with Crippen LogP contribution in [0.3, 0.4) is 0 Å². The molecule has 1 unspecified atom stereocenters. The second kappa shape index (κ2) is 6.48. The van der Waals surface area contributed by atoms with Crippen LogP contribution in [0.25, 0.3) is 11.0 Å². The number of carbonyl (C=O) groups is 1. The molecule has 1 aromatic heterocycles. The summed E-state index contributed by atoms with van der Waals surface area (Å²) in [5, 5.41) is 0. The summed E-state index contributed by atoms with van der Waals surface area (Å²) >= 11 is 0. The number of benzene rings is 2. The van der Waals surface area contributed by atoms with Crippen LogP contribution in [0.5, 0.6) is 11.5 Å². The summed E-state index contributed by atoms with van der Waals surface area (Å²) in [5.41, 5.74) is 5.24. The van der Waals surface area contributed by atoms with E-state index in [9.17, 15) is 4.79 Å². The molecule has 2 aromatic carbocycles. The van der Waals surface area contributed by atoms with Crippen LogP contribution >= 0.6 is 0 Å². The predicted molar refractivity (Wildman–Crippen MR) is 105 cm³/mol. The third-order valence-electron chi connectivity index (χ3n) is 5.67. The summed E-state index contributed by atoms with van der Waals surface area (Å²) in [6.45, 7) is 5.61. The molecular weight excluding hydrogens is 354 g/mol. The fraction of sp³-hybridized carbons (Fsp3) is 0.318. The van der Waals surface area contributed by atoms with Crippen LogP contribution in [-0.2, 0) is 0 Å². The van der Waals surface area contributed by atoms with Gasteiger partial charge in [-0.15, -0.1) is 0 Å². The fourth-order valence-corrected chi connectivity index (χ4v) is 3.93. The van der Waals surface area contributed by atoms with Gasteiger partial charge in [0.05, 0.1) is 22.4 Å². The summed E-state index contributed by atoms with van der Waals surface area (Å²) in [7, 11) is 0. The first-order valence-electron chi connectivity index (χ1n) is 9.52. The summed E-state index contributed by atoms with van der Waals surface area (Å²) in [6, 6.07) is 11.6. The van der Waals surface area contributed by atoms with Crippen molar-refractivity contribution in [2.75, 3.05) is 19.9 Å². The SMILES string of the molecule is Cc1nc2ccc(C(=O)N3CCC(c4ccc5c(c4)OCO5)C3)cc2nc1C. The van der Waals surface area contributed by atoms with Crippen molar-refractivity contribution >= 4 is 16.9 Å². The molecule has 5 rings (SSSR count). The maximum atomic E-state index is 13.0. The third-order valence-corrected chi connectivity index (χ3v) is 5.67. The molecule has 1 saturated heterocycles. The smallest absolute Gasteiger partial charge is 0.253 e. The zero-order valence-electron chi connectivity index (χ0n) is 15.9. The van der Waals surface area contributed by atoms with Crippen molar-refractivity contribution in [1.29, 1.82) is 0 Å². The van der Waals surface area contributed by atoms with Gasteiger partial charge in [0.25, 0.3) is 5.91 Å². The lowest BCUT2D eigenvalue weighted by Gasteiger charge is -2.17. The number of aromatic nitrogens is 2. The van der Waals surface area contributed by atoms with Gasteiger partial charge in [0.1, 0.15) is 0 Å². The molecule has 28 heavy (non-hydrogen) atoms. The van der Waals surface area contributed by atoms with Gasteiger partial charge in [-0.1, -0.05) is 6.07 Å². The first kappa shape index (κ1) is 17.0. The highest BCUT2D eigenvalue weighted by molar-refractivity contribution is 5.97. The van der Waals surface area contributed by atoms with Crippen LogP contribution in [-0.4, -0.2) is 40.7 Å². The largest absolute Gasteiger partial charge is 0.454 e. The number of hydrogen-bond donors (Lipinski definition) is 0. The van der Waals surface area contributed by atoms with Crippen molar-refractivity contribution in [2.24, 2.45) is 0 Å². The van der Waals surface area contributed by atoms with Gasteiger partial charge in [0.15, 0.2) is 11.5 Å². The van der Waals surface area contributed by atoms with Gasteiger partial charge in [-0.25, -0.2) is 9.97 Å². The summed E-state index contributed by atoms with van der Waals surface area (Å²) in [5.74, 6) is 1.94. The molecule has 0 N–H and O–H groups in total. The molecule has 3 heterocycles. The van der Waals surface area contributed by atoms with Crippen LogP contribution in [0.2, 0.25) is 0 Å². The summed E-state index contributed by atoms with van der Waals surface area (Å²) in [6.07, 6.45) is 0.942. The minimum Gasteiger partial charge on any atom is -0.454 e. The van der Waals surface area contributed by atoms with Gasteiger partial charge in [-0.3, -0.25) is 4.79 Å². The molecule has 0 saturated carbocycles. The maximum absolute atomic E-state index is 13.0. The van der Waals surface area contributed by atoms with E-state index in [1.165, 1.54) is 5.56 Å². The molecule has 0 bridgehead atoms. The molecule has 6 heteroatoms. The van der Waals surface area contributed by atoms with Crippen LogP contribution < -0.4 is 9.47 Å². The number of amides is 1. The highest BCUT2D eigenvalue weighted by Crippen LogP contribution is 2.37. The Bertz CT molecular complexity index is 1100. The van der Waals surface area contributed by atoms with Crippen molar-refractivity contribution in [2.45, 2.75) is 26.2 Å². The van der Waals surface area contributed by atoms with Gasteiger partial charge in [0, 0.05) is 24.6 Å². The first-order valence-corrected chi connectivity index (χ1v) is 9.52. The van der Waals surface area contributed by atoms with E-state index in [-0.39, 0.29) is 12.7 Å². The zero-order valence-corrected chi connectivity index (χ0v) is 15.9. The normalized spacial score (nSPS) is 18.1. The number of aryl methyl sites for hydroxylation is 2. The van der Waals surface area contributed by atoms with Crippen LogP contribution in [0, 0.1) is 13.8 Å². The van der Waals surface area contributed by atoms with Gasteiger partial charge in [0.2, 0.25) is 6.79 Å². The molecule has 142 valence electrons. The van der Waals surface area contributed by atoms with E-state index in [0.29, 0.717) is 18.0 Å². The van der Waals surface area contributed by atoms with Gasteiger partial charge >= 0.3 is 0 Å². The Hall–Kier alpha value is -3.15. The van der Waals surface area contributed by atoms with Crippen LogP contribution in [0.15, 0.2) is 36.4 Å². The Morgan fingerprint density at radius 2 is 1.79 bits per heavy atom. The standard InChI is InChI=1S/C22H21N3O3/c1-13-14(2)24-19-9-16(3-5-18(19)23-13)22(26)25-8-7-17(11-25)15-4-6-20-21(10-15)28-12-27-20/h3-6,9-10,17H,7-8,11-12H2,1-2H3. The highest BCUT2D eigenvalue weighted by Gasteiger charge is 2.29. The lowest BCUT2D eigenvalue weighted by Crippen LogP contribution is -2.28. The van der Waals surface area contributed by atoms with Crippen molar-refractivity contribution in [3.8, 4) is 11.5 Å². The Kier molecular flexibility index (Phi) is 3.93. The molecule has 0 aliphatic carbocycles. The molecule has 3 aromatic rings. The topological polar surface area (TPSA) is 64.6 Å². The number of hydrogen-bond acceptors (Lipinski definition) is 5. The van der Waals surface area contributed by atoms with Crippen molar-refractivity contribution in [3.63, 3.8) is 0 Å². The molecule has 2 aliphatic heterocycles. The van der Waals surface area contributed by atoms with Crippen molar-refractivity contribution < 1.29 is 14.3 Å². The third kappa shape index (κ3) is 2.85. The minimum atomic E-state index is 0.0465. The van der Waals surface area contributed by atoms with Crippen molar-refractivity contribution in [3.05, 3.63) is 58.9 Å². The molecule has 0 radical (unpaired) electrons. The number of nitrogens with zero attached hydrogens (tertiary/aromatic N) is 3. The monoisotopic (exact) mass is 375 g/mol. The van der Waals surface area contributed by atoms with Crippen molar-refractivity contribution in [1.82, 2.24) is 14.9 Å². The predicted octanol–water partition coefficient (Wildman–Crippen LogP) is 3.61. The van der Waals surface area contributed by atoms with Gasteiger partial charge in [-0.2, -0.15) is 0 Å². The van der Waals surface area contributed by atoms with E-state index in [2.05, 4.69) is 16.0 Å². The molecule has 1 atom stereocenters. The molecule has 6 nitrogen and oxygen atoms in total. The van der Waals surface area contributed by atoms with E-state index >= 15 is 0 Å². The Morgan fingerprint density at radius 1 is 1.00 bits per heavy atom. The molecule has 1 amide bonds. The maximum Gasteiger partial charge on any atom is 0.253 e. The van der Waals surface area contributed by atoms with Gasteiger partial charge in [-0.05, 0) is 56.2 Å². The molecular formula is C22H21N3O3. The number of rotatable bonds is 2. The second-order valence-corrected chi connectivity index (χ2v) is 7.45. The number of fused-ring (bicyclic) bond motifs is 2. The molecule has 1 fully saturated rings. The summed E-state index contributed by atoms with van der Waals surface area (Å²) in [4.78, 5) is 24.1. The quantitative estimate of drug-likeness (QED) is 0.685. The second-order valence-electron chi connectivity index (χ2n) is 7.45. The Balaban J connectivity index is 1.36. The average molecular weight is 375 g/mol. The number of likely N-dealkylation sites (tertiary alicyclic amines) is 1. The summed E-state index contributed by atoms with van der Waals surface area (Å²) < 4.78 is 10.9. The average Bonchev–Trinajstić information content (AvgIpc) is 3.37. The van der Waals surface area contributed by atoms with E-state index in [0.717, 1.165) is 46.9 Å². The Labute approximate surface area is 163 Å². The molecule has 0 spiro atoms. The first-order chi connectivity index (χ1) is 13.6. The zero-order chi connectivity index (χ0) is 19.3. The number of carbonyl (C=O) groups excluding carboxylic acids is 1. The fourth-order valence-electron chi connectivity index (χ4n) is 3.93. The van der Waals surface area contributed by atoms with E-state index in [1.54, 1.807) is 0 Å². The lowest BCUT2D eigenvalue weighted by atomic mass is 9.98.